The Balaban J connectivity index is 1.58. The molecule has 0 fully saturated rings. The average Bonchev–Trinajstić information content (AvgIpc) is 3.16. The molecule has 1 amide bonds. The summed E-state index contributed by atoms with van der Waals surface area (Å²) in [4.78, 5) is 29.5. The summed E-state index contributed by atoms with van der Waals surface area (Å²) >= 11 is 1.33. The predicted molar refractivity (Wildman–Crippen MR) is 109 cm³/mol. The van der Waals surface area contributed by atoms with Crippen molar-refractivity contribution < 1.29 is 4.79 Å². The zero-order valence-electron chi connectivity index (χ0n) is 14.6. The van der Waals surface area contributed by atoms with Crippen LogP contribution < -0.4 is 10.9 Å². The molecule has 0 spiro atoms. The lowest BCUT2D eigenvalue weighted by molar-refractivity contribution is -0.116. The van der Waals surface area contributed by atoms with E-state index < -0.39 is 0 Å². The number of amides is 1. The molecular weight excluding hydrogens is 372 g/mol. The van der Waals surface area contributed by atoms with E-state index in [0.29, 0.717) is 21.5 Å². The average molecular weight is 386 g/mol. The molecule has 0 aliphatic heterocycles. The molecule has 0 unspecified atom stereocenters. The van der Waals surface area contributed by atoms with Gasteiger partial charge in [0.15, 0.2) is 0 Å². The number of nitrogens with one attached hydrogen (secondary N) is 1. The molecule has 4 rings (SSSR count). The summed E-state index contributed by atoms with van der Waals surface area (Å²) in [7, 11) is 0. The molecule has 136 valence electrons. The largest absolute Gasteiger partial charge is 0.325 e. The molecule has 0 saturated carbocycles. The number of aromatic nitrogens is 2. The van der Waals surface area contributed by atoms with Gasteiger partial charge in [-0.3, -0.25) is 14.2 Å². The lowest BCUT2D eigenvalue weighted by Gasteiger charge is -2.07. The van der Waals surface area contributed by atoms with Gasteiger partial charge in [0.1, 0.15) is 11.2 Å². The third kappa shape index (κ3) is 3.41. The highest BCUT2D eigenvalue weighted by Crippen LogP contribution is 2.30. The highest BCUT2D eigenvalue weighted by Gasteiger charge is 2.14. The van der Waals surface area contributed by atoms with Crippen molar-refractivity contribution in [1.29, 1.82) is 5.26 Å². The molecule has 1 N–H and O–H groups in total. The summed E-state index contributed by atoms with van der Waals surface area (Å²) in [5, 5.41) is 13.4. The van der Waals surface area contributed by atoms with Gasteiger partial charge in [-0.05, 0) is 29.8 Å². The first-order valence-corrected chi connectivity index (χ1v) is 9.36. The number of carbonyl (C=O) groups is 1. The van der Waals surface area contributed by atoms with Gasteiger partial charge in [-0.15, -0.1) is 11.3 Å². The Morgan fingerprint density at radius 1 is 1.14 bits per heavy atom. The minimum absolute atomic E-state index is 0.139. The third-order valence-corrected chi connectivity index (χ3v) is 5.20. The van der Waals surface area contributed by atoms with Crippen molar-refractivity contribution in [3.63, 3.8) is 0 Å². The van der Waals surface area contributed by atoms with E-state index in [1.165, 1.54) is 22.2 Å². The van der Waals surface area contributed by atoms with E-state index in [0.717, 1.165) is 11.1 Å². The Bertz CT molecular complexity index is 1250. The fourth-order valence-corrected chi connectivity index (χ4v) is 3.84. The smallest absolute Gasteiger partial charge is 0.271 e. The van der Waals surface area contributed by atoms with Crippen LogP contribution in [0.2, 0.25) is 0 Å². The summed E-state index contributed by atoms with van der Waals surface area (Å²) in [6, 6.07) is 18.3. The van der Waals surface area contributed by atoms with Crippen LogP contribution in [0.3, 0.4) is 0 Å². The van der Waals surface area contributed by atoms with Gasteiger partial charge in [0.2, 0.25) is 5.91 Å². The van der Waals surface area contributed by atoms with E-state index in [1.807, 2.05) is 41.8 Å². The second-order valence-electron chi connectivity index (χ2n) is 6.11. The first-order valence-electron chi connectivity index (χ1n) is 8.48. The Hall–Kier alpha value is -3.76. The normalized spacial score (nSPS) is 10.5. The highest BCUT2D eigenvalue weighted by atomic mass is 32.1. The first kappa shape index (κ1) is 17.6. The van der Waals surface area contributed by atoms with Crippen molar-refractivity contribution in [2.75, 3.05) is 5.32 Å². The van der Waals surface area contributed by atoms with Crippen molar-refractivity contribution in [2.24, 2.45) is 0 Å². The molecule has 7 heteroatoms. The summed E-state index contributed by atoms with van der Waals surface area (Å²) in [6.45, 7) is -0.139. The van der Waals surface area contributed by atoms with Crippen molar-refractivity contribution in [1.82, 2.24) is 9.55 Å². The number of thiophene rings is 1. The molecular formula is C21H14N4O2S. The van der Waals surface area contributed by atoms with E-state index in [4.69, 9.17) is 5.26 Å². The SMILES string of the molecule is N#Cc1ccc(NC(=O)Cn2cnc3c(-c4ccccc4)csc3c2=O)cc1. The van der Waals surface area contributed by atoms with Crippen LogP contribution in [0.5, 0.6) is 0 Å². The molecule has 0 aliphatic rings. The number of carbonyl (C=O) groups excluding carboxylic acids is 1. The topological polar surface area (TPSA) is 87.8 Å². The van der Waals surface area contributed by atoms with Crippen molar-refractivity contribution >= 4 is 33.1 Å². The van der Waals surface area contributed by atoms with Gasteiger partial charge < -0.3 is 5.32 Å². The third-order valence-electron chi connectivity index (χ3n) is 4.24. The molecule has 0 bridgehead atoms. The van der Waals surface area contributed by atoms with Crippen LogP contribution in [-0.2, 0) is 11.3 Å². The lowest BCUT2D eigenvalue weighted by Crippen LogP contribution is -2.27. The zero-order valence-corrected chi connectivity index (χ0v) is 15.4. The lowest BCUT2D eigenvalue weighted by atomic mass is 10.1. The van der Waals surface area contributed by atoms with Gasteiger partial charge in [-0.25, -0.2) is 4.98 Å². The maximum Gasteiger partial charge on any atom is 0.271 e. The van der Waals surface area contributed by atoms with E-state index in [1.54, 1.807) is 24.3 Å². The van der Waals surface area contributed by atoms with Gasteiger partial charge in [-0.2, -0.15) is 5.26 Å². The first-order chi connectivity index (χ1) is 13.7. The summed E-state index contributed by atoms with van der Waals surface area (Å²) in [5.74, 6) is -0.340. The van der Waals surface area contributed by atoms with Crippen molar-refractivity contribution in [3.05, 3.63) is 82.2 Å². The molecule has 0 atom stereocenters. The predicted octanol–water partition coefficient (Wildman–Crippen LogP) is 3.64. The molecule has 28 heavy (non-hydrogen) atoms. The minimum Gasteiger partial charge on any atom is -0.325 e. The molecule has 2 aromatic heterocycles. The number of fused-ring (bicyclic) bond motifs is 1. The summed E-state index contributed by atoms with van der Waals surface area (Å²) < 4.78 is 1.82. The van der Waals surface area contributed by atoms with Crippen LogP contribution in [0, 0.1) is 11.3 Å². The Kier molecular flexibility index (Phi) is 4.70. The molecule has 4 aromatic rings. The van der Waals surface area contributed by atoms with E-state index in [2.05, 4.69) is 10.3 Å². The second kappa shape index (κ2) is 7.47. The zero-order chi connectivity index (χ0) is 19.5. The van der Waals surface area contributed by atoms with Crippen molar-refractivity contribution in [3.8, 4) is 17.2 Å². The quantitative estimate of drug-likeness (QED) is 0.580. The number of hydrogen-bond donors (Lipinski definition) is 1. The molecule has 0 radical (unpaired) electrons. The Labute approximate surface area is 164 Å². The molecule has 2 aromatic carbocycles. The van der Waals surface area contributed by atoms with Gasteiger partial charge >= 0.3 is 0 Å². The summed E-state index contributed by atoms with van der Waals surface area (Å²) in [5.41, 5.74) is 3.38. The number of benzene rings is 2. The van der Waals surface area contributed by atoms with Crippen LogP contribution in [0.15, 0.2) is 71.1 Å². The Morgan fingerprint density at radius 2 is 1.89 bits per heavy atom. The van der Waals surface area contributed by atoms with Crippen LogP contribution in [0.1, 0.15) is 5.56 Å². The fraction of sp³-hybridized carbons (Fsp3) is 0.0476. The number of nitrogens with zero attached hydrogens (tertiary/aromatic N) is 3. The van der Waals surface area contributed by atoms with Crippen LogP contribution in [-0.4, -0.2) is 15.5 Å². The van der Waals surface area contributed by atoms with E-state index in [-0.39, 0.29) is 18.0 Å². The standard InChI is InChI=1S/C21H14N4O2S/c22-10-14-6-8-16(9-7-14)24-18(26)11-25-13-23-19-17(12-28-20(19)21(25)27)15-4-2-1-3-5-15/h1-9,12-13H,11H2,(H,24,26). The number of rotatable bonds is 4. The van der Waals surface area contributed by atoms with Gasteiger partial charge in [0.05, 0.1) is 23.5 Å². The van der Waals surface area contributed by atoms with Crippen LogP contribution >= 0.6 is 11.3 Å². The monoisotopic (exact) mass is 386 g/mol. The highest BCUT2D eigenvalue weighted by molar-refractivity contribution is 7.17. The van der Waals surface area contributed by atoms with E-state index in [9.17, 15) is 9.59 Å². The number of hydrogen-bond acceptors (Lipinski definition) is 5. The fourth-order valence-electron chi connectivity index (χ4n) is 2.86. The minimum atomic E-state index is -0.340. The number of nitriles is 1. The molecule has 2 heterocycles. The van der Waals surface area contributed by atoms with E-state index >= 15 is 0 Å². The van der Waals surface area contributed by atoms with Crippen molar-refractivity contribution in [2.45, 2.75) is 6.54 Å². The Morgan fingerprint density at radius 3 is 2.61 bits per heavy atom. The van der Waals surface area contributed by atoms with Gasteiger partial charge in [-0.1, -0.05) is 30.3 Å². The van der Waals surface area contributed by atoms with Gasteiger partial charge in [0, 0.05) is 16.6 Å². The summed E-state index contributed by atoms with van der Waals surface area (Å²) in [6.07, 6.45) is 1.40. The molecule has 6 nitrogen and oxygen atoms in total. The van der Waals surface area contributed by atoms with Gasteiger partial charge in [0.25, 0.3) is 5.56 Å². The maximum absolute atomic E-state index is 12.8. The molecule has 0 saturated heterocycles. The second-order valence-corrected chi connectivity index (χ2v) is 6.99. The van der Waals surface area contributed by atoms with Crippen LogP contribution in [0.4, 0.5) is 5.69 Å². The maximum atomic E-state index is 12.8. The van der Waals surface area contributed by atoms with Crippen LogP contribution in [0.25, 0.3) is 21.3 Å². The molecule has 0 aliphatic carbocycles. The number of anilines is 1.